The highest BCUT2D eigenvalue weighted by molar-refractivity contribution is 6.37. The van der Waals surface area contributed by atoms with E-state index in [2.05, 4.69) is 6.92 Å². The topological polar surface area (TPSA) is 18.5 Å². The van der Waals surface area contributed by atoms with Crippen LogP contribution in [0, 0.1) is 5.82 Å². The number of rotatable bonds is 6. The Bertz CT molecular complexity index is 600. The van der Waals surface area contributed by atoms with E-state index < -0.39 is 5.82 Å². The average molecular weight is 329 g/mol. The third kappa shape index (κ3) is 4.26. The fourth-order valence-electron chi connectivity index (χ4n) is 1.77. The minimum Gasteiger partial charge on any atom is -0.490 e. The number of hydrogen-bond acceptors (Lipinski definition) is 2. The van der Waals surface area contributed by atoms with Crippen molar-refractivity contribution in [2.75, 3.05) is 13.2 Å². The molecule has 5 heteroatoms. The molecule has 2 aromatic rings. The van der Waals surface area contributed by atoms with Gasteiger partial charge in [0.25, 0.3) is 0 Å². The van der Waals surface area contributed by atoms with E-state index in [-0.39, 0.29) is 22.4 Å². The lowest BCUT2D eigenvalue weighted by molar-refractivity contribution is 0.217. The van der Waals surface area contributed by atoms with Crippen molar-refractivity contribution in [1.29, 1.82) is 0 Å². The molecule has 112 valence electrons. The van der Waals surface area contributed by atoms with Gasteiger partial charge in [-0.25, -0.2) is 4.39 Å². The zero-order valence-electron chi connectivity index (χ0n) is 11.5. The Morgan fingerprint density at radius 2 is 1.62 bits per heavy atom. The Morgan fingerprint density at radius 1 is 0.952 bits per heavy atom. The molecule has 0 unspecified atom stereocenters. The van der Waals surface area contributed by atoms with E-state index in [1.165, 1.54) is 17.7 Å². The maximum absolute atomic E-state index is 13.3. The van der Waals surface area contributed by atoms with Crippen LogP contribution in [0.15, 0.2) is 36.4 Å². The van der Waals surface area contributed by atoms with Crippen LogP contribution in [0.25, 0.3) is 0 Å². The summed E-state index contributed by atoms with van der Waals surface area (Å²) in [4.78, 5) is 0. The Kier molecular flexibility index (Phi) is 5.71. The third-order valence-electron chi connectivity index (χ3n) is 2.93. The molecule has 0 aliphatic heterocycles. The molecule has 0 saturated carbocycles. The van der Waals surface area contributed by atoms with Gasteiger partial charge in [0.15, 0.2) is 5.75 Å². The first-order valence-corrected chi connectivity index (χ1v) is 7.35. The van der Waals surface area contributed by atoms with Crippen molar-refractivity contribution in [2.45, 2.75) is 13.3 Å². The minimum absolute atomic E-state index is 0.116. The zero-order valence-corrected chi connectivity index (χ0v) is 13.0. The van der Waals surface area contributed by atoms with Gasteiger partial charge in [-0.1, -0.05) is 42.3 Å². The predicted octanol–water partition coefficient (Wildman–Crippen LogP) is 5.15. The molecule has 0 bridgehead atoms. The summed E-state index contributed by atoms with van der Waals surface area (Å²) in [6, 6.07) is 10.4. The van der Waals surface area contributed by atoms with Crippen LogP contribution in [-0.4, -0.2) is 13.2 Å². The van der Waals surface area contributed by atoms with Crippen molar-refractivity contribution in [3.63, 3.8) is 0 Å². The minimum atomic E-state index is -0.563. The monoisotopic (exact) mass is 328 g/mol. The molecule has 21 heavy (non-hydrogen) atoms. The molecule has 2 aromatic carbocycles. The van der Waals surface area contributed by atoms with Crippen molar-refractivity contribution in [3.8, 4) is 11.5 Å². The third-order valence-corrected chi connectivity index (χ3v) is 3.58. The molecule has 0 saturated heterocycles. The van der Waals surface area contributed by atoms with Gasteiger partial charge in [0.05, 0.1) is 5.02 Å². The lowest BCUT2D eigenvalue weighted by atomic mass is 10.2. The number of benzene rings is 2. The highest BCUT2D eigenvalue weighted by Crippen LogP contribution is 2.34. The SMILES string of the molecule is CCc1ccc(OCCOc2c(Cl)ccc(F)c2Cl)cc1. The summed E-state index contributed by atoms with van der Waals surface area (Å²) < 4.78 is 24.2. The lowest BCUT2D eigenvalue weighted by Gasteiger charge is -2.11. The fraction of sp³-hybridized carbons (Fsp3) is 0.250. The molecule has 0 amide bonds. The largest absolute Gasteiger partial charge is 0.490 e. The molecule has 0 heterocycles. The van der Waals surface area contributed by atoms with Gasteiger partial charge < -0.3 is 9.47 Å². The van der Waals surface area contributed by atoms with Gasteiger partial charge in [0.1, 0.15) is 29.8 Å². The van der Waals surface area contributed by atoms with Gasteiger partial charge in [-0.3, -0.25) is 0 Å². The van der Waals surface area contributed by atoms with Crippen molar-refractivity contribution >= 4 is 23.2 Å². The normalized spacial score (nSPS) is 10.5. The van der Waals surface area contributed by atoms with E-state index in [1.54, 1.807) is 0 Å². The molecule has 0 aromatic heterocycles. The number of aryl methyl sites for hydroxylation is 1. The molecule has 0 spiro atoms. The summed E-state index contributed by atoms with van der Waals surface area (Å²) >= 11 is 11.7. The van der Waals surface area contributed by atoms with Crippen LogP contribution in [0.2, 0.25) is 10.0 Å². The predicted molar refractivity (Wildman–Crippen MR) is 83.2 cm³/mol. The Labute approximate surface area is 133 Å². The van der Waals surface area contributed by atoms with Crippen molar-refractivity contribution < 1.29 is 13.9 Å². The number of hydrogen-bond donors (Lipinski definition) is 0. The van der Waals surface area contributed by atoms with Gasteiger partial charge in [-0.2, -0.15) is 0 Å². The maximum Gasteiger partial charge on any atom is 0.159 e. The van der Waals surface area contributed by atoms with E-state index >= 15 is 0 Å². The van der Waals surface area contributed by atoms with Gasteiger partial charge in [0, 0.05) is 0 Å². The first kappa shape index (κ1) is 15.9. The molecular formula is C16H15Cl2FO2. The Hall–Kier alpha value is -1.45. The quantitative estimate of drug-likeness (QED) is 0.539. The summed E-state index contributed by atoms with van der Waals surface area (Å²) in [6.07, 6.45) is 0.986. The van der Waals surface area contributed by atoms with E-state index in [0.29, 0.717) is 6.61 Å². The second-order valence-electron chi connectivity index (χ2n) is 4.37. The van der Waals surface area contributed by atoms with E-state index in [9.17, 15) is 4.39 Å². The van der Waals surface area contributed by atoms with E-state index in [4.69, 9.17) is 32.7 Å². The van der Waals surface area contributed by atoms with Gasteiger partial charge in [-0.15, -0.1) is 0 Å². The Morgan fingerprint density at radius 3 is 2.29 bits per heavy atom. The fourth-order valence-corrected chi connectivity index (χ4v) is 2.25. The van der Waals surface area contributed by atoms with Crippen LogP contribution in [0.3, 0.4) is 0 Å². The van der Waals surface area contributed by atoms with Gasteiger partial charge in [-0.05, 0) is 36.2 Å². The molecule has 0 radical (unpaired) electrons. The van der Waals surface area contributed by atoms with Crippen molar-refractivity contribution in [1.82, 2.24) is 0 Å². The molecule has 0 fully saturated rings. The van der Waals surface area contributed by atoms with Crippen LogP contribution in [0.5, 0.6) is 11.5 Å². The summed E-state index contributed by atoms with van der Waals surface area (Å²) in [5, 5.41) is 0.156. The molecule has 0 N–H and O–H groups in total. The smallest absolute Gasteiger partial charge is 0.159 e. The first-order valence-electron chi connectivity index (χ1n) is 6.60. The van der Waals surface area contributed by atoms with Crippen LogP contribution < -0.4 is 9.47 Å². The highest BCUT2D eigenvalue weighted by atomic mass is 35.5. The van der Waals surface area contributed by atoms with Crippen LogP contribution >= 0.6 is 23.2 Å². The molecule has 0 aliphatic carbocycles. The summed E-state index contributed by atoms with van der Waals surface area (Å²) in [5.74, 6) is 0.336. The lowest BCUT2D eigenvalue weighted by Crippen LogP contribution is -2.09. The first-order chi connectivity index (χ1) is 10.1. The zero-order chi connectivity index (χ0) is 15.2. The number of halogens is 3. The average Bonchev–Trinajstić information content (AvgIpc) is 2.51. The van der Waals surface area contributed by atoms with Crippen molar-refractivity contribution in [2.24, 2.45) is 0 Å². The summed E-state index contributed by atoms with van der Waals surface area (Å²) in [5.41, 5.74) is 1.25. The molecule has 2 nitrogen and oxygen atoms in total. The molecule has 2 rings (SSSR count). The van der Waals surface area contributed by atoms with Crippen LogP contribution in [0.4, 0.5) is 4.39 Å². The second-order valence-corrected chi connectivity index (χ2v) is 5.15. The van der Waals surface area contributed by atoms with Gasteiger partial charge >= 0.3 is 0 Å². The maximum atomic E-state index is 13.3. The highest BCUT2D eigenvalue weighted by Gasteiger charge is 2.11. The number of ether oxygens (including phenoxy) is 2. The molecule has 0 atom stereocenters. The van der Waals surface area contributed by atoms with Gasteiger partial charge in [0.2, 0.25) is 0 Å². The van der Waals surface area contributed by atoms with Crippen LogP contribution in [-0.2, 0) is 6.42 Å². The summed E-state index contributed by atoms with van der Waals surface area (Å²) in [7, 11) is 0. The van der Waals surface area contributed by atoms with Crippen molar-refractivity contribution in [3.05, 3.63) is 57.8 Å². The Balaban J connectivity index is 1.86. The standard InChI is InChI=1S/C16H15Cl2FO2/c1-2-11-3-5-12(6-4-11)20-9-10-21-16-13(17)7-8-14(19)15(16)18/h3-8H,2,9-10H2,1H3. The second kappa shape index (κ2) is 7.53. The molecule has 0 aliphatic rings. The van der Waals surface area contributed by atoms with Crippen LogP contribution in [0.1, 0.15) is 12.5 Å². The van der Waals surface area contributed by atoms with E-state index in [0.717, 1.165) is 12.2 Å². The molecular weight excluding hydrogens is 314 g/mol. The van der Waals surface area contributed by atoms with E-state index in [1.807, 2.05) is 24.3 Å². The summed E-state index contributed by atoms with van der Waals surface area (Å²) in [6.45, 7) is 2.63.